The summed E-state index contributed by atoms with van der Waals surface area (Å²) < 4.78 is 49.7. The fourth-order valence-corrected chi connectivity index (χ4v) is 22.8. The third-order valence-corrected chi connectivity index (χ3v) is 23.2. The molecule has 1 N–H and O–H groups in total. The summed E-state index contributed by atoms with van der Waals surface area (Å²) in [5.74, 6) is 0. The first-order valence-corrected chi connectivity index (χ1v) is 21.8. The van der Waals surface area contributed by atoms with Gasteiger partial charge in [-0.3, -0.25) is 0 Å². The van der Waals surface area contributed by atoms with Crippen molar-refractivity contribution < 1.29 is 39.9 Å². The molecule has 4 nitrogen and oxygen atoms in total. The second-order valence-electron chi connectivity index (χ2n) is 12.1. The Labute approximate surface area is 345 Å². The van der Waals surface area contributed by atoms with E-state index in [9.17, 15) is 0 Å². The van der Waals surface area contributed by atoms with Crippen LogP contribution in [0.3, 0.4) is 0 Å². The van der Waals surface area contributed by atoms with Crippen LogP contribution in [-0.4, -0.2) is 10.1 Å². The third kappa shape index (κ3) is 9.01. The van der Waals surface area contributed by atoms with E-state index >= 15 is 13.7 Å². The largest absolute Gasteiger partial charge is 0.484 e. The van der Waals surface area contributed by atoms with E-state index in [2.05, 4.69) is 18.1 Å². The SMILES string of the molecule is Cc1[c-][nH]cc1C.Cl.Cl.O=P(c1ccccc1)(c1ccccc1)C(P(=O)(c1ccccc1)c1ccccc1)P(=O)(c1ccccc1)c1ccccc1.[Zr]. The molecule has 10 heteroatoms. The average molecular weight is 875 g/mol. The van der Waals surface area contributed by atoms with Crippen LogP contribution in [-0.2, 0) is 39.9 Å². The smallest absolute Gasteiger partial charge is 0.161 e. The molecular weight excluding hydrogens is 834 g/mol. The molecule has 1 aromatic heterocycles. The van der Waals surface area contributed by atoms with Crippen LogP contribution < -0.4 is 31.8 Å². The first kappa shape index (κ1) is 44.2. The van der Waals surface area contributed by atoms with Crippen LogP contribution in [0.4, 0.5) is 0 Å². The van der Waals surface area contributed by atoms with E-state index in [1.165, 1.54) is 11.1 Å². The molecule has 0 saturated heterocycles. The summed E-state index contributed by atoms with van der Waals surface area (Å²) in [5.41, 5.74) is 2.49. The summed E-state index contributed by atoms with van der Waals surface area (Å²) in [6, 6.07) is 55.2. The Balaban J connectivity index is 0.000000681. The van der Waals surface area contributed by atoms with Crippen molar-refractivity contribution in [3.63, 3.8) is 0 Å². The number of benzene rings is 6. The normalized spacial score (nSPS) is 11.2. The minimum atomic E-state index is -3.97. The Morgan fingerprint density at radius 2 is 0.623 bits per heavy atom. The summed E-state index contributed by atoms with van der Waals surface area (Å²) >= 11 is 0. The molecule has 53 heavy (non-hydrogen) atoms. The van der Waals surface area contributed by atoms with Gasteiger partial charge < -0.3 is 18.7 Å². The summed E-state index contributed by atoms with van der Waals surface area (Å²) in [6.07, 6.45) is 4.88. The average Bonchev–Trinajstić information content (AvgIpc) is 3.58. The molecule has 7 rings (SSSR count). The maximum atomic E-state index is 16.6. The van der Waals surface area contributed by atoms with Gasteiger partial charge in [0.2, 0.25) is 0 Å². The molecule has 6 aromatic carbocycles. The number of H-pyrrole nitrogens is 1. The van der Waals surface area contributed by atoms with Crippen molar-refractivity contribution in [2.45, 2.75) is 19.0 Å². The van der Waals surface area contributed by atoms with Crippen molar-refractivity contribution >= 4 is 78.1 Å². The molecule has 0 spiro atoms. The second-order valence-corrected chi connectivity index (χ2v) is 21.9. The maximum absolute atomic E-state index is 16.6. The summed E-state index contributed by atoms with van der Waals surface area (Å²) in [7, 11) is -11.9. The van der Waals surface area contributed by atoms with Gasteiger partial charge in [-0.2, -0.15) is 11.1 Å². The van der Waals surface area contributed by atoms with Crippen LogP contribution in [0.5, 0.6) is 0 Å². The fraction of sp³-hybridized carbons (Fsp3) is 0.0698. The predicted octanol–water partition coefficient (Wildman–Crippen LogP) is 9.59. The van der Waals surface area contributed by atoms with E-state index in [0.29, 0.717) is 31.8 Å². The number of aryl methyl sites for hydroxylation is 2. The Morgan fingerprint density at radius 1 is 0.415 bits per heavy atom. The van der Waals surface area contributed by atoms with Crippen LogP contribution in [0.15, 0.2) is 188 Å². The first-order chi connectivity index (χ1) is 24.3. The van der Waals surface area contributed by atoms with Crippen molar-refractivity contribution in [1.29, 1.82) is 0 Å². The number of hydrogen-bond acceptors (Lipinski definition) is 3. The molecule has 0 bridgehead atoms. The minimum absolute atomic E-state index is 0. The Bertz CT molecular complexity index is 1900. The molecule has 1 heterocycles. The summed E-state index contributed by atoms with van der Waals surface area (Å²) in [6.45, 7) is 4.09. The molecule has 7 aromatic rings. The molecule has 0 saturated carbocycles. The van der Waals surface area contributed by atoms with Gasteiger partial charge in [0.1, 0.15) is 5.14 Å². The zero-order chi connectivity index (χ0) is 35.0. The Kier molecular flexibility index (Phi) is 16.6. The summed E-state index contributed by atoms with van der Waals surface area (Å²) in [5, 5.41) is 1.80. The van der Waals surface area contributed by atoms with Gasteiger partial charge in [-0.1, -0.05) is 196 Å². The van der Waals surface area contributed by atoms with Crippen LogP contribution >= 0.6 is 46.2 Å². The molecule has 0 aliphatic rings. The third-order valence-electron chi connectivity index (χ3n) is 8.95. The molecule has 0 aliphatic heterocycles. The number of hydrogen-bond donors (Lipinski definition) is 1. The van der Waals surface area contributed by atoms with Gasteiger partial charge in [-0.25, -0.2) is 0 Å². The quantitative estimate of drug-likeness (QED) is 0.116. The van der Waals surface area contributed by atoms with Crippen molar-refractivity contribution in [3.05, 3.63) is 206 Å². The van der Waals surface area contributed by atoms with E-state index in [1.54, 1.807) is 0 Å². The zero-order valence-corrected chi connectivity index (χ0v) is 36.1. The maximum Gasteiger partial charge on any atom is 0.161 e. The Hall–Kier alpha value is -3.25. The predicted molar refractivity (Wildman–Crippen MR) is 227 cm³/mol. The number of halogens is 2. The molecule has 0 amide bonds. The number of aromatic amines is 1. The van der Waals surface area contributed by atoms with E-state index in [-0.39, 0.29) is 51.0 Å². The number of aromatic nitrogens is 1. The van der Waals surface area contributed by atoms with Crippen LogP contribution in [0.25, 0.3) is 0 Å². The molecule has 0 atom stereocenters. The molecule has 0 fully saturated rings. The molecular formula is C43H41Cl2NO3P3Zr-. The van der Waals surface area contributed by atoms with Gasteiger partial charge in [0.05, 0.1) is 0 Å². The van der Waals surface area contributed by atoms with Crippen molar-refractivity contribution in [2.75, 3.05) is 0 Å². The van der Waals surface area contributed by atoms with Crippen LogP contribution in [0.1, 0.15) is 11.1 Å². The fourth-order valence-electron chi connectivity index (χ4n) is 6.29. The van der Waals surface area contributed by atoms with E-state index in [1.807, 2.05) is 195 Å². The topological polar surface area (TPSA) is 67.0 Å². The Morgan fingerprint density at radius 3 is 0.755 bits per heavy atom. The van der Waals surface area contributed by atoms with Gasteiger partial charge in [0.25, 0.3) is 0 Å². The van der Waals surface area contributed by atoms with Crippen molar-refractivity contribution in [3.8, 4) is 0 Å². The first-order valence-electron chi connectivity index (χ1n) is 16.5. The second kappa shape index (κ2) is 19.9. The molecule has 0 unspecified atom stereocenters. The van der Waals surface area contributed by atoms with Gasteiger partial charge in [0.15, 0.2) is 21.4 Å². The number of rotatable bonds is 9. The van der Waals surface area contributed by atoms with Gasteiger partial charge in [-0.15, -0.1) is 37.2 Å². The monoisotopic (exact) mass is 872 g/mol. The van der Waals surface area contributed by atoms with E-state index in [0.717, 1.165) is 0 Å². The van der Waals surface area contributed by atoms with Crippen LogP contribution in [0, 0.1) is 20.0 Å². The summed E-state index contributed by atoms with van der Waals surface area (Å²) in [4.78, 5) is 2.87. The van der Waals surface area contributed by atoms with Crippen LogP contribution in [0.2, 0.25) is 0 Å². The molecule has 0 radical (unpaired) electrons. The van der Waals surface area contributed by atoms with E-state index < -0.39 is 26.6 Å². The standard InChI is InChI=1S/C37H31O3P3.C6H8N.2ClH.Zr/c38-41(31-19-7-1-8-20-31,32-21-9-2-10-22-32)37(42(39,33-23-11-3-12-24-33)34-25-13-4-14-26-34)43(40,35-27-15-5-16-28-35)36-29-17-6-18-30-36;1-5-3-7-4-6(5)2;;;/h1-30,37H;3,7H,1-2H3;2*1H;/q;-1;;;. The van der Waals surface area contributed by atoms with Crippen molar-refractivity contribution in [2.24, 2.45) is 0 Å². The van der Waals surface area contributed by atoms with Gasteiger partial charge in [0, 0.05) is 58.0 Å². The number of nitrogens with one attached hydrogen (secondary N) is 1. The van der Waals surface area contributed by atoms with Gasteiger partial charge in [-0.05, 0) is 0 Å². The van der Waals surface area contributed by atoms with E-state index in [4.69, 9.17) is 0 Å². The molecule has 270 valence electrons. The molecule has 0 aliphatic carbocycles. The van der Waals surface area contributed by atoms with Crippen molar-refractivity contribution in [1.82, 2.24) is 4.98 Å². The zero-order valence-electron chi connectivity index (χ0n) is 29.4. The van der Waals surface area contributed by atoms with Gasteiger partial charge >= 0.3 is 0 Å². The minimum Gasteiger partial charge on any atom is -0.484 e.